The molecule has 0 atom stereocenters. The van der Waals surface area contributed by atoms with Crippen LogP contribution in [-0.4, -0.2) is 29.9 Å². The van der Waals surface area contributed by atoms with Crippen molar-refractivity contribution < 1.29 is 19.1 Å². The number of methoxy groups -OCH3 is 1. The van der Waals surface area contributed by atoms with Gasteiger partial charge in [-0.05, 0) is 44.2 Å². The van der Waals surface area contributed by atoms with E-state index in [1.165, 1.54) is 27.0 Å². The Morgan fingerprint density at radius 2 is 1.62 bits per heavy atom. The average Bonchev–Trinajstić information content (AvgIpc) is 2.73. The lowest BCUT2D eigenvalue weighted by molar-refractivity contribution is -0.135. The number of hydrogen-bond acceptors (Lipinski definition) is 5. The molecule has 148 valence electrons. The third-order valence-corrected chi connectivity index (χ3v) is 4.56. The molecule has 2 amide bonds. The second-order valence-electron chi connectivity index (χ2n) is 6.99. The molecule has 0 aliphatic rings. The fourth-order valence-electron chi connectivity index (χ4n) is 2.72. The lowest BCUT2D eigenvalue weighted by Gasteiger charge is -2.23. The molecule has 1 heterocycles. The molecule has 3 aromatic rings. The number of esters is 1. The highest BCUT2D eigenvalue weighted by Crippen LogP contribution is 2.25. The maximum Gasteiger partial charge on any atom is 0.337 e. The summed E-state index contributed by atoms with van der Waals surface area (Å²) in [5.41, 5.74) is 0.491. The van der Waals surface area contributed by atoms with E-state index in [0.29, 0.717) is 22.5 Å². The van der Waals surface area contributed by atoms with Crippen LogP contribution in [0.4, 0.5) is 11.4 Å². The average molecular weight is 391 g/mol. The number of benzene rings is 2. The van der Waals surface area contributed by atoms with Crippen LogP contribution in [0.2, 0.25) is 0 Å². The Morgan fingerprint density at radius 1 is 0.931 bits per heavy atom. The van der Waals surface area contributed by atoms with Gasteiger partial charge in [-0.3, -0.25) is 14.6 Å². The Hall–Kier alpha value is -3.74. The number of fused-ring (bicyclic) bond motifs is 1. The predicted molar refractivity (Wildman–Crippen MR) is 111 cm³/mol. The standard InChI is InChI=1S/C22H21N3O4/c1-22(2,20(27)24-16-10-4-8-15(13-16)19(26)29-3)21(28)25-17-11-5-7-14-9-6-12-23-18(14)17/h4-13H,1-3H3,(H,24,27)(H,25,28). The van der Waals surface area contributed by atoms with E-state index in [1.807, 2.05) is 24.3 Å². The molecule has 1 aromatic heterocycles. The third-order valence-electron chi connectivity index (χ3n) is 4.56. The Morgan fingerprint density at radius 3 is 2.38 bits per heavy atom. The molecule has 0 aliphatic heterocycles. The van der Waals surface area contributed by atoms with Gasteiger partial charge in [0.1, 0.15) is 5.41 Å². The Kier molecular flexibility index (Phi) is 5.59. The second kappa shape index (κ2) is 8.10. The normalized spacial score (nSPS) is 11.0. The van der Waals surface area contributed by atoms with Gasteiger partial charge in [-0.15, -0.1) is 0 Å². The Balaban J connectivity index is 1.78. The van der Waals surface area contributed by atoms with Crippen LogP contribution >= 0.6 is 0 Å². The van der Waals surface area contributed by atoms with Gasteiger partial charge in [-0.1, -0.05) is 24.3 Å². The van der Waals surface area contributed by atoms with Crippen molar-refractivity contribution in [2.24, 2.45) is 5.41 Å². The first-order valence-corrected chi connectivity index (χ1v) is 8.98. The summed E-state index contributed by atoms with van der Waals surface area (Å²) in [5, 5.41) is 6.36. The van der Waals surface area contributed by atoms with E-state index in [0.717, 1.165) is 5.39 Å². The third kappa shape index (κ3) is 4.24. The number of carbonyl (C=O) groups is 3. The van der Waals surface area contributed by atoms with Crippen molar-refractivity contribution in [3.8, 4) is 0 Å². The molecule has 29 heavy (non-hydrogen) atoms. The maximum atomic E-state index is 12.9. The van der Waals surface area contributed by atoms with Gasteiger partial charge < -0.3 is 15.4 Å². The van der Waals surface area contributed by atoms with E-state index in [4.69, 9.17) is 0 Å². The number of rotatable bonds is 5. The van der Waals surface area contributed by atoms with Crippen LogP contribution in [0.3, 0.4) is 0 Å². The van der Waals surface area contributed by atoms with Crippen LogP contribution in [0.5, 0.6) is 0 Å². The van der Waals surface area contributed by atoms with Crippen LogP contribution < -0.4 is 10.6 Å². The molecular formula is C22H21N3O4. The summed E-state index contributed by atoms with van der Waals surface area (Å²) in [4.78, 5) is 41.6. The van der Waals surface area contributed by atoms with E-state index in [9.17, 15) is 14.4 Å². The van der Waals surface area contributed by atoms with E-state index >= 15 is 0 Å². The predicted octanol–water partition coefficient (Wildman–Crippen LogP) is 3.62. The number of para-hydroxylation sites is 1. The molecule has 0 fully saturated rings. The largest absolute Gasteiger partial charge is 0.465 e. The summed E-state index contributed by atoms with van der Waals surface area (Å²) < 4.78 is 4.68. The van der Waals surface area contributed by atoms with Crippen LogP contribution in [-0.2, 0) is 14.3 Å². The molecule has 0 spiro atoms. The minimum Gasteiger partial charge on any atom is -0.465 e. The topological polar surface area (TPSA) is 97.4 Å². The summed E-state index contributed by atoms with van der Waals surface area (Å²) in [6, 6.07) is 15.5. The van der Waals surface area contributed by atoms with Gasteiger partial charge in [0, 0.05) is 17.3 Å². The molecule has 7 nitrogen and oxygen atoms in total. The molecular weight excluding hydrogens is 370 g/mol. The number of anilines is 2. The number of aromatic nitrogens is 1. The smallest absolute Gasteiger partial charge is 0.337 e. The summed E-state index contributed by atoms with van der Waals surface area (Å²) in [6.45, 7) is 3.06. The number of nitrogens with one attached hydrogen (secondary N) is 2. The van der Waals surface area contributed by atoms with E-state index < -0.39 is 23.2 Å². The van der Waals surface area contributed by atoms with Crippen LogP contribution in [0.25, 0.3) is 10.9 Å². The molecule has 0 saturated carbocycles. The van der Waals surface area contributed by atoms with Gasteiger partial charge >= 0.3 is 5.97 Å². The van der Waals surface area contributed by atoms with Gasteiger partial charge in [0.2, 0.25) is 11.8 Å². The first kappa shape index (κ1) is 20.0. The van der Waals surface area contributed by atoms with Gasteiger partial charge in [-0.25, -0.2) is 4.79 Å². The second-order valence-corrected chi connectivity index (χ2v) is 6.99. The van der Waals surface area contributed by atoms with Crippen molar-refractivity contribution in [1.29, 1.82) is 0 Å². The van der Waals surface area contributed by atoms with E-state index in [-0.39, 0.29) is 0 Å². The minimum absolute atomic E-state index is 0.300. The highest BCUT2D eigenvalue weighted by molar-refractivity contribution is 6.15. The van der Waals surface area contributed by atoms with Crippen LogP contribution in [0.1, 0.15) is 24.2 Å². The summed E-state index contributed by atoms with van der Waals surface area (Å²) in [7, 11) is 1.28. The van der Waals surface area contributed by atoms with Gasteiger partial charge in [0.05, 0.1) is 23.9 Å². The zero-order valence-electron chi connectivity index (χ0n) is 16.4. The monoisotopic (exact) mass is 391 g/mol. The summed E-state index contributed by atoms with van der Waals surface area (Å²) in [5.74, 6) is -1.50. The highest BCUT2D eigenvalue weighted by Gasteiger charge is 2.36. The zero-order valence-corrected chi connectivity index (χ0v) is 16.4. The van der Waals surface area contributed by atoms with Crippen molar-refractivity contribution in [1.82, 2.24) is 4.98 Å². The van der Waals surface area contributed by atoms with Crippen LogP contribution in [0, 0.1) is 5.41 Å². The number of pyridine rings is 1. The van der Waals surface area contributed by atoms with E-state index in [2.05, 4.69) is 20.4 Å². The first-order chi connectivity index (χ1) is 13.8. The molecule has 0 saturated heterocycles. The van der Waals surface area contributed by atoms with Crippen molar-refractivity contribution in [3.05, 3.63) is 66.4 Å². The van der Waals surface area contributed by atoms with Crippen molar-refractivity contribution in [3.63, 3.8) is 0 Å². The van der Waals surface area contributed by atoms with Crippen molar-refractivity contribution in [2.45, 2.75) is 13.8 Å². The van der Waals surface area contributed by atoms with Crippen LogP contribution in [0.15, 0.2) is 60.8 Å². The number of ether oxygens (including phenoxy) is 1. The Bertz CT molecular complexity index is 1090. The first-order valence-electron chi connectivity index (χ1n) is 8.98. The van der Waals surface area contributed by atoms with Gasteiger partial charge in [0.25, 0.3) is 0 Å². The molecule has 7 heteroatoms. The van der Waals surface area contributed by atoms with Crippen molar-refractivity contribution in [2.75, 3.05) is 17.7 Å². The quantitative estimate of drug-likeness (QED) is 0.511. The maximum absolute atomic E-state index is 12.9. The molecule has 0 unspecified atom stereocenters. The fraction of sp³-hybridized carbons (Fsp3) is 0.182. The number of hydrogen-bond donors (Lipinski definition) is 2. The molecule has 0 aliphatic carbocycles. The Labute approximate surface area is 168 Å². The molecule has 0 radical (unpaired) electrons. The zero-order chi connectivity index (χ0) is 21.0. The van der Waals surface area contributed by atoms with Crippen molar-refractivity contribution >= 4 is 40.1 Å². The number of carbonyl (C=O) groups excluding carboxylic acids is 3. The molecule has 0 bridgehead atoms. The summed E-state index contributed by atoms with van der Waals surface area (Å²) >= 11 is 0. The fourth-order valence-corrected chi connectivity index (χ4v) is 2.72. The number of nitrogens with zero attached hydrogens (tertiary/aromatic N) is 1. The molecule has 2 N–H and O–H groups in total. The molecule has 2 aromatic carbocycles. The lowest BCUT2D eigenvalue weighted by atomic mass is 9.90. The van der Waals surface area contributed by atoms with Gasteiger partial charge in [-0.2, -0.15) is 0 Å². The lowest BCUT2D eigenvalue weighted by Crippen LogP contribution is -2.41. The highest BCUT2D eigenvalue weighted by atomic mass is 16.5. The van der Waals surface area contributed by atoms with E-state index in [1.54, 1.807) is 30.5 Å². The SMILES string of the molecule is COC(=O)c1cccc(NC(=O)C(C)(C)C(=O)Nc2cccc3cccnc23)c1. The minimum atomic E-state index is -1.38. The molecule has 3 rings (SSSR count). The number of amides is 2. The summed E-state index contributed by atoms with van der Waals surface area (Å²) in [6.07, 6.45) is 1.64. The van der Waals surface area contributed by atoms with Gasteiger partial charge in [0.15, 0.2) is 0 Å².